The van der Waals surface area contributed by atoms with Gasteiger partial charge in [0.25, 0.3) is 5.91 Å². The van der Waals surface area contributed by atoms with E-state index in [0.29, 0.717) is 6.54 Å². The summed E-state index contributed by atoms with van der Waals surface area (Å²) in [5, 5.41) is 6.23. The van der Waals surface area contributed by atoms with Gasteiger partial charge in [0.05, 0.1) is 6.20 Å². The largest absolute Gasteiger partial charge is 0.354 e. The van der Waals surface area contributed by atoms with E-state index in [0.717, 1.165) is 13.0 Å². The van der Waals surface area contributed by atoms with Crippen molar-refractivity contribution in [3.05, 3.63) is 42.5 Å². The Morgan fingerprint density at radius 1 is 1.44 bits per heavy atom. The molecule has 84 valence electrons. The topological polar surface area (TPSA) is 60.1 Å². The maximum absolute atomic E-state index is 11.4. The molecule has 0 saturated carbocycles. The first-order valence-electron chi connectivity index (χ1n) is 5.16. The van der Waals surface area contributed by atoms with Gasteiger partial charge in [-0.1, -0.05) is 5.16 Å². The van der Waals surface area contributed by atoms with Crippen molar-refractivity contribution < 1.29 is 9.32 Å². The molecule has 0 aliphatic rings. The zero-order valence-corrected chi connectivity index (χ0v) is 8.80. The predicted molar refractivity (Wildman–Crippen MR) is 57.9 cm³/mol. The third kappa shape index (κ3) is 2.73. The Labute approximate surface area is 93.0 Å². The number of carbonyl (C=O) groups excluding carboxylic acids is 1. The van der Waals surface area contributed by atoms with Crippen LogP contribution in [0.2, 0.25) is 0 Å². The average molecular weight is 219 g/mol. The number of rotatable bonds is 5. The number of nitrogens with zero attached hydrogens (tertiary/aromatic N) is 2. The molecular weight excluding hydrogens is 206 g/mol. The van der Waals surface area contributed by atoms with Crippen LogP contribution in [0.1, 0.15) is 17.0 Å². The van der Waals surface area contributed by atoms with Crippen molar-refractivity contribution >= 4 is 5.91 Å². The quantitative estimate of drug-likeness (QED) is 0.771. The second kappa shape index (κ2) is 5.16. The van der Waals surface area contributed by atoms with E-state index < -0.39 is 0 Å². The Hall–Kier alpha value is -2.04. The van der Waals surface area contributed by atoms with E-state index in [1.807, 2.05) is 24.5 Å². The Morgan fingerprint density at radius 2 is 2.25 bits per heavy atom. The molecule has 0 aromatic carbocycles. The summed E-state index contributed by atoms with van der Waals surface area (Å²) in [5.74, 6) is 0.0333. The summed E-state index contributed by atoms with van der Waals surface area (Å²) in [4.78, 5) is 11.4. The third-order valence-electron chi connectivity index (χ3n) is 2.21. The number of amides is 1. The molecule has 5 nitrogen and oxygen atoms in total. The van der Waals surface area contributed by atoms with Crippen LogP contribution in [-0.2, 0) is 6.54 Å². The molecule has 0 spiro atoms. The molecule has 0 atom stereocenters. The van der Waals surface area contributed by atoms with Crippen LogP contribution in [0, 0.1) is 0 Å². The molecule has 1 N–H and O–H groups in total. The number of hydrogen-bond acceptors (Lipinski definition) is 3. The second-order valence-corrected chi connectivity index (χ2v) is 3.41. The van der Waals surface area contributed by atoms with Crippen molar-refractivity contribution in [2.24, 2.45) is 0 Å². The Kier molecular flexibility index (Phi) is 3.38. The van der Waals surface area contributed by atoms with Crippen molar-refractivity contribution in [3.8, 4) is 0 Å². The first-order chi connectivity index (χ1) is 7.86. The van der Waals surface area contributed by atoms with E-state index in [2.05, 4.69) is 15.0 Å². The van der Waals surface area contributed by atoms with Crippen LogP contribution in [0.3, 0.4) is 0 Å². The lowest BCUT2D eigenvalue weighted by Crippen LogP contribution is -2.24. The summed E-state index contributed by atoms with van der Waals surface area (Å²) in [5.41, 5.74) is 0. The maximum atomic E-state index is 11.4. The summed E-state index contributed by atoms with van der Waals surface area (Å²) in [6.45, 7) is 1.52. The van der Waals surface area contributed by atoms with Crippen LogP contribution in [0.25, 0.3) is 0 Å². The Morgan fingerprint density at radius 3 is 2.94 bits per heavy atom. The molecule has 0 aliphatic heterocycles. The molecule has 2 heterocycles. The van der Waals surface area contributed by atoms with E-state index in [-0.39, 0.29) is 11.7 Å². The highest BCUT2D eigenvalue weighted by molar-refractivity contribution is 5.91. The predicted octanol–water partition coefficient (Wildman–Crippen LogP) is 1.30. The normalized spacial score (nSPS) is 10.2. The lowest BCUT2D eigenvalue weighted by atomic mass is 10.4. The van der Waals surface area contributed by atoms with Crippen LogP contribution in [0.15, 0.2) is 41.3 Å². The van der Waals surface area contributed by atoms with E-state index in [9.17, 15) is 4.79 Å². The van der Waals surface area contributed by atoms with Gasteiger partial charge in [0.1, 0.15) is 0 Å². The van der Waals surface area contributed by atoms with Crippen LogP contribution in [0.4, 0.5) is 0 Å². The van der Waals surface area contributed by atoms with Gasteiger partial charge in [0.15, 0.2) is 0 Å². The lowest BCUT2D eigenvalue weighted by molar-refractivity contribution is 0.0916. The molecule has 16 heavy (non-hydrogen) atoms. The van der Waals surface area contributed by atoms with Crippen molar-refractivity contribution in [1.82, 2.24) is 15.0 Å². The van der Waals surface area contributed by atoms with Gasteiger partial charge in [-0.05, 0) is 18.6 Å². The van der Waals surface area contributed by atoms with Crippen molar-refractivity contribution in [1.29, 1.82) is 0 Å². The van der Waals surface area contributed by atoms with Crippen LogP contribution in [0.5, 0.6) is 0 Å². The zero-order chi connectivity index (χ0) is 11.2. The highest BCUT2D eigenvalue weighted by Gasteiger charge is 2.07. The standard InChI is InChI=1S/C11H13N3O2/c15-11(10-4-6-13-16-10)12-5-3-9-14-7-1-2-8-14/h1-2,4,6-8H,3,5,9H2,(H,12,15). The van der Waals surface area contributed by atoms with Gasteiger partial charge in [0.2, 0.25) is 5.76 Å². The number of carbonyl (C=O) groups is 1. The lowest BCUT2D eigenvalue weighted by Gasteiger charge is -2.03. The fourth-order valence-electron chi connectivity index (χ4n) is 1.40. The number of hydrogen-bond donors (Lipinski definition) is 1. The molecule has 2 aromatic rings. The summed E-state index contributed by atoms with van der Waals surface area (Å²) in [6.07, 6.45) is 6.33. The summed E-state index contributed by atoms with van der Waals surface area (Å²) >= 11 is 0. The second-order valence-electron chi connectivity index (χ2n) is 3.41. The van der Waals surface area contributed by atoms with Gasteiger partial charge in [-0.25, -0.2) is 0 Å². The van der Waals surface area contributed by atoms with Crippen LogP contribution >= 0.6 is 0 Å². The van der Waals surface area contributed by atoms with Crippen LogP contribution < -0.4 is 5.32 Å². The molecule has 5 heteroatoms. The van der Waals surface area contributed by atoms with E-state index in [1.165, 1.54) is 6.20 Å². The molecule has 2 aromatic heterocycles. The fraction of sp³-hybridized carbons (Fsp3) is 0.273. The monoisotopic (exact) mass is 219 g/mol. The number of nitrogens with one attached hydrogen (secondary N) is 1. The highest BCUT2D eigenvalue weighted by Crippen LogP contribution is 1.96. The third-order valence-corrected chi connectivity index (χ3v) is 2.21. The average Bonchev–Trinajstić information content (AvgIpc) is 2.96. The highest BCUT2D eigenvalue weighted by atomic mass is 16.5. The molecular formula is C11H13N3O2. The molecule has 0 bridgehead atoms. The SMILES string of the molecule is O=C(NCCCn1cccc1)c1ccno1. The van der Waals surface area contributed by atoms with E-state index in [4.69, 9.17) is 4.52 Å². The van der Waals surface area contributed by atoms with Gasteiger partial charge in [0, 0.05) is 31.5 Å². The Bertz CT molecular complexity index is 420. The zero-order valence-electron chi connectivity index (χ0n) is 8.80. The van der Waals surface area contributed by atoms with Gasteiger partial charge >= 0.3 is 0 Å². The van der Waals surface area contributed by atoms with Crippen LogP contribution in [-0.4, -0.2) is 22.2 Å². The molecule has 0 fully saturated rings. The molecule has 0 unspecified atom stereocenters. The molecule has 0 saturated heterocycles. The minimum atomic E-state index is -0.218. The summed E-state index contributed by atoms with van der Waals surface area (Å²) < 4.78 is 6.80. The smallest absolute Gasteiger partial charge is 0.289 e. The van der Waals surface area contributed by atoms with E-state index >= 15 is 0 Å². The van der Waals surface area contributed by atoms with Gasteiger partial charge < -0.3 is 14.4 Å². The Balaban J connectivity index is 1.67. The van der Waals surface area contributed by atoms with E-state index in [1.54, 1.807) is 6.07 Å². The molecule has 2 rings (SSSR count). The minimum absolute atomic E-state index is 0.218. The minimum Gasteiger partial charge on any atom is -0.354 e. The summed E-state index contributed by atoms with van der Waals surface area (Å²) in [7, 11) is 0. The molecule has 0 aliphatic carbocycles. The number of aromatic nitrogens is 2. The van der Waals surface area contributed by atoms with Crippen molar-refractivity contribution in [2.45, 2.75) is 13.0 Å². The van der Waals surface area contributed by atoms with Crippen molar-refractivity contribution in [2.75, 3.05) is 6.54 Å². The van der Waals surface area contributed by atoms with Gasteiger partial charge in [-0.2, -0.15) is 0 Å². The fourth-order valence-corrected chi connectivity index (χ4v) is 1.40. The van der Waals surface area contributed by atoms with Gasteiger partial charge in [-0.3, -0.25) is 4.79 Å². The summed E-state index contributed by atoms with van der Waals surface area (Å²) in [6, 6.07) is 5.50. The number of aryl methyl sites for hydroxylation is 1. The van der Waals surface area contributed by atoms with Crippen molar-refractivity contribution in [3.63, 3.8) is 0 Å². The molecule has 1 amide bonds. The van der Waals surface area contributed by atoms with Gasteiger partial charge in [-0.15, -0.1) is 0 Å². The molecule has 0 radical (unpaired) electrons. The first-order valence-corrected chi connectivity index (χ1v) is 5.16. The first kappa shape index (κ1) is 10.5. The maximum Gasteiger partial charge on any atom is 0.289 e.